The quantitative estimate of drug-likeness (QED) is 0.473. The number of amides is 2. The summed E-state index contributed by atoms with van der Waals surface area (Å²) in [5, 5.41) is 18.5. The second kappa shape index (κ2) is 9.78. The predicted octanol–water partition coefficient (Wildman–Crippen LogP) is 2.84. The largest absolute Gasteiger partial charge is 0.479 e. The Kier molecular flexibility index (Phi) is 6.62. The number of nitrogens with one attached hydrogen (secondary N) is 2. The molecule has 3 aromatic rings. The fourth-order valence-corrected chi connectivity index (χ4v) is 4.14. The monoisotopic (exact) mass is 462 g/mol. The van der Waals surface area contributed by atoms with Crippen molar-refractivity contribution < 1.29 is 24.2 Å². The van der Waals surface area contributed by atoms with Crippen LogP contribution in [0.4, 0.5) is 4.79 Å². The van der Waals surface area contributed by atoms with Crippen LogP contribution in [-0.2, 0) is 21.4 Å². The number of aromatic nitrogens is 2. The van der Waals surface area contributed by atoms with Gasteiger partial charge in [-0.15, -0.1) is 0 Å². The van der Waals surface area contributed by atoms with Crippen LogP contribution in [0.15, 0.2) is 60.9 Å². The molecule has 0 bridgehead atoms. The highest BCUT2D eigenvalue weighted by Gasteiger charge is 2.29. The Labute approximate surface area is 196 Å². The van der Waals surface area contributed by atoms with Gasteiger partial charge in [0.1, 0.15) is 6.61 Å². The Hall–Kier alpha value is -4.14. The maximum Gasteiger partial charge on any atom is 0.407 e. The molecule has 2 aromatic carbocycles. The number of aryl methyl sites for hydroxylation is 1. The van der Waals surface area contributed by atoms with Gasteiger partial charge in [-0.2, -0.15) is 5.10 Å². The SMILES string of the molecule is CC(CNC(=O)OCC1c2ccccc2-c2ccccc21)C(=O)NC(C(=O)O)c1cnn(C)c1. The molecule has 1 aliphatic carbocycles. The van der Waals surface area contributed by atoms with Crippen LogP contribution in [0.2, 0.25) is 0 Å². The van der Waals surface area contributed by atoms with Gasteiger partial charge < -0.3 is 20.5 Å². The third kappa shape index (κ3) is 4.78. The Bertz CT molecular complexity index is 1180. The Morgan fingerprint density at radius 3 is 2.26 bits per heavy atom. The Balaban J connectivity index is 1.30. The molecule has 9 nitrogen and oxygen atoms in total. The third-order valence-electron chi connectivity index (χ3n) is 5.94. The van der Waals surface area contributed by atoms with Gasteiger partial charge in [0.05, 0.1) is 12.1 Å². The fraction of sp³-hybridized carbons (Fsp3) is 0.280. The number of hydrogen-bond acceptors (Lipinski definition) is 5. The molecule has 0 spiro atoms. The van der Waals surface area contributed by atoms with E-state index in [1.807, 2.05) is 36.4 Å². The van der Waals surface area contributed by atoms with Crippen LogP contribution in [0.1, 0.15) is 35.6 Å². The number of carbonyl (C=O) groups excluding carboxylic acids is 2. The number of carboxylic acids is 1. The summed E-state index contributed by atoms with van der Waals surface area (Å²) in [5.41, 5.74) is 4.86. The van der Waals surface area contributed by atoms with Crippen molar-refractivity contribution in [1.29, 1.82) is 0 Å². The van der Waals surface area contributed by atoms with Crippen LogP contribution >= 0.6 is 0 Å². The minimum Gasteiger partial charge on any atom is -0.479 e. The fourth-order valence-electron chi connectivity index (χ4n) is 4.14. The summed E-state index contributed by atoms with van der Waals surface area (Å²) >= 11 is 0. The summed E-state index contributed by atoms with van der Waals surface area (Å²) in [6.45, 7) is 1.77. The van der Waals surface area contributed by atoms with Gasteiger partial charge in [-0.3, -0.25) is 9.48 Å². The zero-order valence-corrected chi connectivity index (χ0v) is 18.9. The highest BCUT2D eigenvalue weighted by atomic mass is 16.5. The highest BCUT2D eigenvalue weighted by Crippen LogP contribution is 2.44. The first-order valence-corrected chi connectivity index (χ1v) is 11.0. The number of fused-ring (bicyclic) bond motifs is 3. The molecule has 0 saturated heterocycles. The summed E-state index contributed by atoms with van der Waals surface area (Å²) in [7, 11) is 1.66. The topological polar surface area (TPSA) is 123 Å². The average Bonchev–Trinajstić information content (AvgIpc) is 3.40. The molecule has 1 heterocycles. The van der Waals surface area contributed by atoms with E-state index in [4.69, 9.17) is 4.74 Å². The number of carboxylic acid groups (broad SMARTS) is 1. The molecule has 0 fully saturated rings. The molecule has 34 heavy (non-hydrogen) atoms. The van der Waals surface area contributed by atoms with E-state index < -0.39 is 29.9 Å². The summed E-state index contributed by atoms with van der Waals surface area (Å²) < 4.78 is 6.93. The minimum absolute atomic E-state index is 0.00187. The van der Waals surface area contributed by atoms with E-state index in [1.165, 1.54) is 17.1 Å². The Morgan fingerprint density at radius 1 is 1.09 bits per heavy atom. The zero-order valence-electron chi connectivity index (χ0n) is 18.9. The first-order valence-electron chi connectivity index (χ1n) is 11.0. The number of alkyl carbamates (subject to hydrolysis) is 1. The molecule has 9 heteroatoms. The number of ether oxygens (including phenoxy) is 1. The lowest BCUT2D eigenvalue weighted by Gasteiger charge is -2.18. The summed E-state index contributed by atoms with van der Waals surface area (Å²) in [6, 6.07) is 14.9. The third-order valence-corrected chi connectivity index (χ3v) is 5.94. The van der Waals surface area contributed by atoms with E-state index in [0.29, 0.717) is 5.56 Å². The number of rotatable bonds is 8. The van der Waals surface area contributed by atoms with Crippen LogP contribution in [0.3, 0.4) is 0 Å². The second-order valence-electron chi connectivity index (χ2n) is 8.33. The van der Waals surface area contributed by atoms with E-state index in [9.17, 15) is 19.5 Å². The van der Waals surface area contributed by atoms with Gasteiger partial charge >= 0.3 is 12.1 Å². The smallest absolute Gasteiger partial charge is 0.407 e. The van der Waals surface area contributed by atoms with Crippen molar-refractivity contribution in [3.05, 3.63) is 77.6 Å². The van der Waals surface area contributed by atoms with E-state index in [0.717, 1.165) is 22.3 Å². The van der Waals surface area contributed by atoms with E-state index >= 15 is 0 Å². The zero-order chi connectivity index (χ0) is 24.2. The van der Waals surface area contributed by atoms with Crippen molar-refractivity contribution in [3.8, 4) is 11.1 Å². The second-order valence-corrected chi connectivity index (χ2v) is 8.33. The van der Waals surface area contributed by atoms with Gasteiger partial charge in [0.15, 0.2) is 6.04 Å². The van der Waals surface area contributed by atoms with Crippen molar-refractivity contribution >= 4 is 18.0 Å². The number of carbonyl (C=O) groups is 3. The standard InChI is InChI=1S/C25H26N4O5/c1-15(23(30)28-22(24(31)32)16-12-27-29(2)13-16)11-26-25(33)34-14-21-19-9-5-3-7-17(19)18-8-4-6-10-20(18)21/h3-10,12-13,15,21-22H,11,14H2,1-2H3,(H,26,33)(H,28,30)(H,31,32). The number of nitrogens with zero attached hydrogens (tertiary/aromatic N) is 2. The molecule has 3 N–H and O–H groups in total. The van der Waals surface area contributed by atoms with E-state index in [2.05, 4.69) is 27.9 Å². The van der Waals surface area contributed by atoms with Crippen molar-refractivity contribution in [2.75, 3.05) is 13.2 Å². The van der Waals surface area contributed by atoms with Crippen molar-refractivity contribution in [3.63, 3.8) is 0 Å². The molecular formula is C25H26N4O5. The minimum atomic E-state index is -1.22. The molecule has 2 amide bonds. The molecule has 1 aromatic heterocycles. The van der Waals surface area contributed by atoms with Crippen molar-refractivity contribution in [2.24, 2.45) is 13.0 Å². The summed E-state index contributed by atoms with van der Waals surface area (Å²) in [5.74, 6) is -2.43. The Morgan fingerprint density at radius 2 is 1.71 bits per heavy atom. The first-order chi connectivity index (χ1) is 16.3. The molecule has 0 aliphatic heterocycles. The van der Waals surface area contributed by atoms with Gasteiger partial charge in [0.2, 0.25) is 5.91 Å². The summed E-state index contributed by atoms with van der Waals surface area (Å²) in [4.78, 5) is 36.4. The van der Waals surface area contributed by atoms with Gasteiger partial charge in [0, 0.05) is 31.3 Å². The lowest BCUT2D eigenvalue weighted by molar-refractivity contribution is -0.142. The van der Waals surface area contributed by atoms with Crippen LogP contribution in [-0.4, -0.2) is 46.0 Å². The molecule has 0 radical (unpaired) electrons. The molecule has 2 unspecified atom stereocenters. The van der Waals surface area contributed by atoms with Crippen LogP contribution in [0.5, 0.6) is 0 Å². The maximum absolute atomic E-state index is 12.5. The first kappa shape index (κ1) is 23.0. The van der Waals surface area contributed by atoms with Crippen LogP contribution < -0.4 is 10.6 Å². The molecule has 2 atom stereocenters. The van der Waals surface area contributed by atoms with Crippen LogP contribution in [0.25, 0.3) is 11.1 Å². The van der Waals surface area contributed by atoms with Crippen molar-refractivity contribution in [1.82, 2.24) is 20.4 Å². The summed E-state index contributed by atoms with van der Waals surface area (Å²) in [6.07, 6.45) is 2.28. The molecule has 176 valence electrons. The molecular weight excluding hydrogens is 436 g/mol. The highest BCUT2D eigenvalue weighted by molar-refractivity contribution is 5.86. The lowest BCUT2D eigenvalue weighted by atomic mass is 9.98. The normalized spacial score (nSPS) is 13.9. The van der Waals surface area contributed by atoms with Gasteiger partial charge in [-0.1, -0.05) is 55.5 Å². The van der Waals surface area contributed by atoms with Crippen LogP contribution in [0, 0.1) is 5.92 Å². The van der Waals surface area contributed by atoms with Gasteiger partial charge in [0.25, 0.3) is 0 Å². The molecule has 4 rings (SSSR count). The number of hydrogen-bond donors (Lipinski definition) is 3. The number of aliphatic carboxylic acids is 1. The van der Waals surface area contributed by atoms with E-state index in [1.54, 1.807) is 14.0 Å². The predicted molar refractivity (Wildman–Crippen MR) is 124 cm³/mol. The van der Waals surface area contributed by atoms with Gasteiger partial charge in [-0.05, 0) is 22.3 Å². The molecule has 0 saturated carbocycles. The maximum atomic E-state index is 12.5. The molecule has 1 aliphatic rings. The van der Waals surface area contributed by atoms with Crippen molar-refractivity contribution in [2.45, 2.75) is 18.9 Å². The van der Waals surface area contributed by atoms with Gasteiger partial charge in [-0.25, -0.2) is 9.59 Å². The average molecular weight is 463 g/mol. The van der Waals surface area contributed by atoms with E-state index in [-0.39, 0.29) is 19.1 Å². The lowest BCUT2D eigenvalue weighted by Crippen LogP contribution is -2.41. The number of benzene rings is 2.